The van der Waals surface area contributed by atoms with Gasteiger partial charge in [0.15, 0.2) is 0 Å². The van der Waals surface area contributed by atoms with Crippen molar-refractivity contribution in [1.82, 2.24) is 10.2 Å². The largest absolute Gasteiger partial charge is 0.308 e. The summed E-state index contributed by atoms with van der Waals surface area (Å²) in [7, 11) is 0. The maximum Gasteiger partial charge on any atom is 0.0309 e. The van der Waals surface area contributed by atoms with Gasteiger partial charge in [-0.05, 0) is 62.7 Å². The van der Waals surface area contributed by atoms with Crippen molar-refractivity contribution < 1.29 is 0 Å². The van der Waals surface area contributed by atoms with Gasteiger partial charge in [0, 0.05) is 30.7 Å². The van der Waals surface area contributed by atoms with Gasteiger partial charge in [0.2, 0.25) is 0 Å². The molecule has 1 aliphatic heterocycles. The maximum atomic E-state index is 3.94. The van der Waals surface area contributed by atoms with Gasteiger partial charge < -0.3 is 5.32 Å². The second-order valence-electron chi connectivity index (χ2n) is 9.02. The highest BCUT2D eigenvalue weighted by Crippen LogP contribution is 2.43. The number of rotatable bonds is 3. The zero-order chi connectivity index (χ0) is 15.2. The average molecular weight is 293 g/mol. The molecule has 0 spiro atoms. The highest BCUT2D eigenvalue weighted by atomic mass is 15.3. The molecule has 0 aromatic carbocycles. The van der Waals surface area contributed by atoms with Crippen LogP contribution in [0.2, 0.25) is 0 Å². The van der Waals surface area contributed by atoms with E-state index in [1.807, 2.05) is 0 Å². The van der Waals surface area contributed by atoms with Gasteiger partial charge in [-0.1, -0.05) is 27.7 Å². The fourth-order valence-corrected chi connectivity index (χ4v) is 5.13. The Kier molecular flexibility index (Phi) is 4.40. The molecule has 0 bridgehead atoms. The molecule has 122 valence electrons. The second kappa shape index (κ2) is 5.85. The third kappa shape index (κ3) is 3.17. The lowest BCUT2D eigenvalue weighted by molar-refractivity contribution is -0.0177. The standard InChI is InChI=1S/C19H36N2/c1-13(2)18-11-20-19(5,16-7-8-16)12-21(18)17-9-6-14(3)10-15(17)4/h13-18,20H,6-12H2,1-5H3. The Balaban J connectivity index is 1.76. The summed E-state index contributed by atoms with van der Waals surface area (Å²) < 4.78 is 0. The minimum Gasteiger partial charge on any atom is -0.308 e. The van der Waals surface area contributed by atoms with Crippen LogP contribution >= 0.6 is 0 Å². The van der Waals surface area contributed by atoms with Gasteiger partial charge in [-0.25, -0.2) is 0 Å². The van der Waals surface area contributed by atoms with Crippen molar-refractivity contribution in [1.29, 1.82) is 0 Å². The summed E-state index contributed by atoms with van der Waals surface area (Å²) in [6, 6.07) is 1.56. The third-order valence-electron chi connectivity index (χ3n) is 6.71. The first-order valence-corrected chi connectivity index (χ1v) is 9.41. The van der Waals surface area contributed by atoms with Crippen LogP contribution < -0.4 is 5.32 Å². The number of piperazine rings is 1. The van der Waals surface area contributed by atoms with Crippen molar-refractivity contribution >= 4 is 0 Å². The molecule has 2 saturated carbocycles. The lowest BCUT2D eigenvalue weighted by Gasteiger charge is -2.53. The molecule has 1 saturated heterocycles. The first-order valence-electron chi connectivity index (χ1n) is 9.41. The van der Waals surface area contributed by atoms with Gasteiger partial charge in [0.1, 0.15) is 0 Å². The number of nitrogens with zero attached hydrogens (tertiary/aromatic N) is 1. The van der Waals surface area contributed by atoms with Gasteiger partial charge in [-0.3, -0.25) is 4.90 Å². The minimum atomic E-state index is 0.383. The quantitative estimate of drug-likeness (QED) is 0.848. The SMILES string of the molecule is CC1CCC(N2CC(C)(C3CC3)NCC2C(C)C)C(C)C1. The van der Waals surface area contributed by atoms with Gasteiger partial charge >= 0.3 is 0 Å². The summed E-state index contributed by atoms with van der Waals surface area (Å²) >= 11 is 0. The molecule has 0 radical (unpaired) electrons. The molecular formula is C19H36N2. The van der Waals surface area contributed by atoms with Gasteiger partial charge in [-0.15, -0.1) is 0 Å². The summed E-state index contributed by atoms with van der Waals surface area (Å²) in [6.45, 7) is 14.7. The summed E-state index contributed by atoms with van der Waals surface area (Å²) in [6.07, 6.45) is 7.18. The Morgan fingerprint density at radius 2 is 1.81 bits per heavy atom. The molecule has 3 rings (SSSR count). The van der Waals surface area contributed by atoms with E-state index in [1.165, 1.54) is 45.2 Å². The first kappa shape index (κ1) is 15.8. The third-order valence-corrected chi connectivity index (χ3v) is 6.71. The molecule has 1 N–H and O–H groups in total. The second-order valence-corrected chi connectivity index (χ2v) is 9.02. The van der Waals surface area contributed by atoms with E-state index in [2.05, 4.69) is 44.8 Å². The molecule has 3 fully saturated rings. The average Bonchev–Trinajstić information content (AvgIpc) is 3.22. The molecule has 0 aromatic rings. The monoisotopic (exact) mass is 292 g/mol. The van der Waals surface area contributed by atoms with Crippen LogP contribution in [0.4, 0.5) is 0 Å². The van der Waals surface area contributed by atoms with E-state index in [1.54, 1.807) is 0 Å². The zero-order valence-electron chi connectivity index (χ0n) is 14.9. The smallest absolute Gasteiger partial charge is 0.0309 e. The lowest BCUT2D eigenvalue weighted by Crippen LogP contribution is -2.68. The number of hydrogen-bond acceptors (Lipinski definition) is 2. The summed E-state index contributed by atoms with van der Waals surface area (Å²) in [4.78, 5) is 2.94. The topological polar surface area (TPSA) is 15.3 Å². The van der Waals surface area contributed by atoms with Gasteiger partial charge in [0.05, 0.1) is 0 Å². The molecule has 0 aromatic heterocycles. The van der Waals surface area contributed by atoms with Crippen molar-refractivity contribution in [3.63, 3.8) is 0 Å². The maximum absolute atomic E-state index is 3.94. The molecular weight excluding hydrogens is 256 g/mol. The Labute approximate surface area is 132 Å². The highest BCUT2D eigenvalue weighted by Gasteiger charge is 2.48. The van der Waals surface area contributed by atoms with Crippen LogP contribution in [0.3, 0.4) is 0 Å². The zero-order valence-corrected chi connectivity index (χ0v) is 14.9. The first-order chi connectivity index (χ1) is 9.90. The molecule has 5 unspecified atom stereocenters. The highest BCUT2D eigenvalue weighted by molar-refractivity contribution is 5.06. The molecule has 3 aliphatic rings. The summed E-state index contributed by atoms with van der Waals surface area (Å²) in [5, 5.41) is 3.94. The Morgan fingerprint density at radius 1 is 1.10 bits per heavy atom. The van der Waals surface area contributed by atoms with Crippen LogP contribution in [0, 0.1) is 23.7 Å². The number of hydrogen-bond donors (Lipinski definition) is 1. The predicted molar refractivity (Wildman–Crippen MR) is 90.4 cm³/mol. The van der Waals surface area contributed by atoms with Crippen molar-refractivity contribution in [2.45, 2.75) is 84.3 Å². The molecule has 0 amide bonds. The Morgan fingerprint density at radius 3 is 2.38 bits per heavy atom. The molecule has 2 nitrogen and oxygen atoms in total. The van der Waals surface area contributed by atoms with E-state index < -0.39 is 0 Å². The van der Waals surface area contributed by atoms with Crippen LogP contribution in [0.5, 0.6) is 0 Å². The van der Waals surface area contributed by atoms with E-state index >= 15 is 0 Å². The molecule has 5 atom stereocenters. The van der Waals surface area contributed by atoms with Crippen LogP contribution in [0.1, 0.15) is 66.7 Å². The lowest BCUT2D eigenvalue weighted by atomic mass is 9.76. The fraction of sp³-hybridized carbons (Fsp3) is 1.00. The predicted octanol–water partition coefficient (Wildman–Crippen LogP) is 3.91. The van der Waals surface area contributed by atoms with Crippen LogP contribution in [-0.2, 0) is 0 Å². The molecule has 2 heteroatoms. The molecule has 2 aliphatic carbocycles. The van der Waals surface area contributed by atoms with Gasteiger partial charge in [0.25, 0.3) is 0 Å². The van der Waals surface area contributed by atoms with E-state index in [9.17, 15) is 0 Å². The summed E-state index contributed by atoms with van der Waals surface area (Å²) in [5.41, 5.74) is 0.383. The molecule has 21 heavy (non-hydrogen) atoms. The Bertz CT molecular complexity index is 363. The fourth-order valence-electron chi connectivity index (χ4n) is 5.13. The van der Waals surface area contributed by atoms with Crippen molar-refractivity contribution in [3.05, 3.63) is 0 Å². The number of nitrogens with one attached hydrogen (secondary N) is 1. The van der Waals surface area contributed by atoms with Gasteiger partial charge in [-0.2, -0.15) is 0 Å². The van der Waals surface area contributed by atoms with Crippen molar-refractivity contribution in [3.8, 4) is 0 Å². The van der Waals surface area contributed by atoms with Crippen LogP contribution in [0.25, 0.3) is 0 Å². The Hall–Kier alpha value is -0.0800. The van der Waals surface area contributed by atoms with Crippen LogP contribution in [0.15, 0.2) is 0 Å². The van der Waals surface area contributed by atoms with Crippen molar-refractivity contribution in [2.75, 3.05) is 13.1 Å². The minimum absolute atomic E-state index is 0.383. The molecule has 1 heterocycles. The normalized spacial score (nSPS) is 46.0. The summed E-state index contributed by atoms with van der Waals surface area (Å²) in [5.74, 6) is 3.50. The van der Waals surface area contributed by atoms with E-state index in [-0.39, 0.29) is 0 Å². The van der Waals surface area contributed by atoms with Crippen LogP contribution in [-0.4, -0.2) is 35.6 Å². The van der Waals surface area contributed by atoms with E-state index in [0.717, 1.165) is 35.8 Å². The van der Waals surface area contributed by atoms with E-state index in [0.29, 0.717) is 5.54 Å². The van der Waals surface area contributed by atoms with E-state index in [4.69, 9.17) is 0 Å². The van der Waals surface area contributed by atoms with Crippen molar-refractivity contribution in [2.24, 2.45) is 23.7 Å².